The first kappa shape index (κ1) is 9.36. The molecule has 3 N–H and O–H groups in total. The second-order valence-corrected chi connectivity index (χ2v) is 3.89. The van der Waals surface area contributed by atoms with Gasteiger partial charge in [-0.3, -0.25) is 0 Å². The molecule has 0 amide bonds. The highest BCUT2D eigenvalue weighted by molar-refractivity contribution is 4.95. The van der Waals surface area contributed by atoms with Crippen molar-refractivity contribution in [1.82, 2.24) is 0 Å². The molecule has 2 aliphatic rings. The molecule has 13 heavy (non-hydrogen) atoms. The van der Waals surface area contributed by atoms with Crippen molar-refractivity contribution in [2.24, 2.45) is 5.73 Å². The lowest BCUT2D eigenvalue weighted by Crippen LogP contribution is -2.35. The summed E-state index contributed by atoms with van der Waals surface area (Å²) in [6.07, 6.45) is -1.35. The zero-order valence-corrected chi connectivity index (χ0v) is 7.77. The van der Waals surface area contributed by atoms with Crippen molar-refractivity contribution in [3.63, 3.8) is 0 Å². The fourth-order valence-corrected chi connectivity index (χ4v) is 1.86. The van der Waals surface area contributed by atoms with Crippen LogP contribution in [0, 0.1) is 0 Å². The van der Waals surface area contributed by atoms with Gasteiger partial charge in [-0.25, -0.2) is 0 Å². The molecule has 2 aliphatic heterocycles. The van der Waals surface area contributed by atoms with E-state index < -0.39 is 12.0 Å². The van der Waals surface area contributed by atoms with Crippen LogP contribution < -0.4 is 5.73 Å². The lowest BCUT2D eigenvalue weighted by Gasteiger charge is -2.21. The summed E-state index contributed by atoms with van der Waals surface area (Å²) in [6, 6.07) is 0. The molecule has 2 fully saturated rings. The first-order valence-electron chi connectivity index (χ1n) is 4.41. The van der Waals surface area contributed by atoms with Crippen molar-refractivity contribution >= 4 is 0 Å². The molecule has 0 bridgehead atoms. The first-order valence-corrected chi connectivity index (χ1v) is 4.41. The van der Waals surface area contributed by atoms with Gasteiger partial charge in [-0.15, -0.1) is 0 Å². The summed E-state index contributed by atoms with van der Waals surface area (Å²) < 4.78 is 16.3. The average Bonchev–Trinajstić information content (AvgIpc) is 2.47. The topological polar surface area (TPSA) is 73.9 Å². The number of aliphatic hydroxyl groups excluding tert-OH is 1. The standard InChI is InChI=1S/C8H15NO4/c1-8(2)12-5-4(3-10)11-7(9)6(5)13-8/h4-7,10H,3,9H2,1-2H3/t4-,5?,6?,7-/m1/s1. The average molecular weight is 189 g/mol. The van der Waals surface area contributed by atoms with Crippen LogP contribution in [0.4, 0.5) is 0 Å². The molecular weight excluding hydrogens is 174 g/mol. The Bertz CT molecular complexity index is 208. The van der Waals surface area contributed by atoms with Crippen LogP contribution in [0.2, 0.25) is 0 Å². The molecule has 5 nitrogen and oxygen atoms in total. The molecule has 0 saturated carbocycles. The number of ether oxygens (including phenoxy) is 3. The summed E-state index contributed by atoms with van der Waals surface area (Å²) in [5, 5.41) is 8.98. The van der Waals surface area contributed by atoms with Gasteiger partial charge in [0.15, 0.2) is 5.79 Å². The quantitative estimate of drug-likeness (QED) is 0.564. The Labute approximate surface area is 76.8 Å². The number of fused-ring (bicyclic) bond motifs is 1. The Balaban J connectivity index is 2.12. The highest BCUT2D eigenvalue weighted by Gasteiger charge is 2.53. The maximum atomic E-state index is 8.98. The van der Waals surface area contributed by atoms with Gasteiger partial charge < -0.3 is 25.1 Å². The Morgan fingerprint density at radius 3 is 2.54 bits per heavy atom. The Hall–Kier alpha value is -0.200. The van der Waals surface area contributed by atoms with Gasteiger partial charge in [0.05, 0.1) is 6.61 Å². The predicted molar refractivity (Wildman–Crippen MR) is 43.8 cm³/mol. The third-order valence-electron chi connectivity index (χ3n) is 2.37. The fourth-order valence-electron chi connectivity index (χ4n) is 1.86. The molecule has 2 saturated heterocycles. The molecule has 0 spiro atoms. The van der Waals surface area contributed by atoms with Gasteiger partial charge in [0, 0.05) is 0 Å². The molecule has 0 aromatic rings. The highest BCUT2D eigenvalue weighted by atomic mass is 16.8. The summed E-state index contributed by atoms with van der Waals surface area (Å²) in [7, 11) is 0. The van der Waals surface area contributed by atoms with Crippen LogP contribution in [0.3, 0.4) is 0 Å². The van der Waals surface area contributed by atoms with E-state index in [9.17, 15) is 0 Å². The minimum absolute atomic E-state index is 0.0890. The van der Waals surface area contributed by atoms with Gasteiger partial charge >= 0.3 is 0 Å². The Morgan fingerprint density at radius 2 is 1.92 bits per heavy atom. The molecule has 0 aromatic heterocycles. The van der Waals surface area contributed by atoms with Crippen LogP contribution in [0.1, 0.15) is 13.8 Å². The van der Waals surface area contributed by atoms with Gasteiger partial charge in [-0.1, -0.05) is 0 Å². The van der Waals surface area contributed by atoms with Gasteiger partial charge in [-0.2, -0.15) is 0 Å². The van der Waals surface area contributed by atoms with Crippen molar-refractivity contribution in [3.8, 4) is 0 Å². The van der Waals surface area contributed by atoms with Crippen molar-refractivity contribution in [3.05, 3.63) is 0 Å². The lowest BCUT2D eigenvalue weighted by atomic mass is 10.1. The Morgan fingerprint density at radius 1 is 1.31 bits per heavy atom. The van der Waals surface area contributed by atoms with Gasteiger partial charge in [0.1, 0.15) is 24.5 Å². The second kappa shape index (κ2) is 2.90. The van der Waals surface area contributed by atoms with E-state index in [1.165, 1.54) is 0 Å². The van der Waals surface area contributed by atoms with Crippen molar-refractivity contribution in [2.75, 3.05) is 6.61 Å². The molecule has 5 heteroatoms. The van der Waals surface area contributed by atoms with E-state index in [4.69, 9.17) is 25.1 Å². The molecule has 2 rings (SSSR count). The van der Waals surface area contributed by atoms with Crippen LogP contribution >= 0.6 is 0 Å². The van der Waals surface area contributed by atoms with Gasteiger partial charge in [0.2, 0.25) is 0 Å². The molecule has 2 unspecified atom stereocenters. The molecule has 0 aliphatic carbocycles. The van der Waals surface area contributed by atoms with E-state index in [1.807, 2.05) is 13.8 Å². The maximum Gasteiger partial charge on any atom is 0.164 e. The van der Waals surface area contributed by atoms with Crippen LogP contribution in [0.25, 0.3) is 0 Å². The molecule has 76 valence electrons. The number of rotatable bonds is 1. The van der Waals surface area contributed by atoms with E-state index in [0.29, 0.717) is 0 Å². The SMILES string of the molecule is CC1(C)OC2C(O1)[C@@H](CO)O[C@H]2N. The normalized spacial score (nSPS) is 48.0. The Kier molecular flexibility index (Phi) is 2.08. The van der Waals surface area contributed by atoms with Crippen molar-refractivity contribution in [1.29, 1.82) is 0 Å². The summed E-state index contributed by atoms with van der Waals surface area (Å²) in [5.41, 5.74) is 5.67. The summed E-state index contributed by atoms with van der Waals surface area (Å²) in [4.78, 5) is 0. The number of aliphatic hydroxyl groups is 1. The van der Waals surface area contributed by atoms with Gasteiger partial charge in [-0.05, 0) is 13.8 Å². The number of hydrogen-bond donors (Lipinski definition) is 2. The van der Waals surface area contributed by atoms with Crippen LogP contribution in [0.5, 0.6) is 0 Å². The minimum Gasteiger partial charge on any atom is -0.394 e. The van der Waals surface area contributed by atoms with E-state index in [1.54, 1.807) is 0 Å². The number of nitrogens with two attached hydrogens (primary N) is 1. The lowest BCUT2D eigenvalue weighted by molar-refractivity contribution is -0.189. The zero-order valence-electron chi connectivity index (χ0n) is 7.77. The van der Waals surface area contributed by atoms with Crippen molar-refractivity contribution in [2.45, 2.75) is 44.2 Å². The maximum absolute atomic E-state index is 8.98. The largest absolute Gasteiger partial charge is 0.394 e. The van der Waals surface area contributed by atoms with Crippen LogP contribution in [0.15, 0.2) is 0 Å². The highest BCUT2D eigenvalue weighted by Crippen LogP contribution is 2.36. The third-order valence-corrected chi connectivity index (χ3v) is 2.37. The summed E-state index contributed by atoms with van der Waals surface area (Å²) in [6.45, 7) is 3.56. The second-order valence-electron chi connectivity index (χ2n) is 3.89. The van der Waals surface area contributed by atoms with Crippen LogP contribution in [-0.4, -0.2) is 42.0 Å². The van der Waals surface area contributed by atoms with E-state index in [-0.39, 0.29) is 24.9 Å². The molecule has 0 radical (unpaired) electrons. The minimum atomic E-state index is -0.621. The monoisotopic (exact) mass is 189 g/mol. The third kappa shape index (κ3) is 1.47. The van der Waals surface area contributed by atoms with E-state index in [0.717, 1.165) is 0 Å². The smallest absolute Gasteiger partial charge is 0.164 e. The van der Waals surface area contributed by atoms with Gasteiger partial charge in [0.25, 0.3) is 0 Å². The van der Waals surface area contributed by atoms with Crippen LogP contribution in [-0.2, 0) is 14.2 Å². The molecule has 2 heterocycles. The molecule has 0 aromatic carbocycles. The molecular formula is C8H15NO4. The summed E-state index contributed by atoms with van der Waals surface area (Å²) in [5.74, 6) is -0.621. The van der Waals surface area contributed by atoms with E-state index >= 15 is 0 Å². The fraction of sp³-hybridized carbons (Fsp3) is 1.00. The zero-order chi connectivity index (χ0) is 9.64. The summed E-state index contributed by atoms with van der Waals surface area (Å²) >= 11 is 0. The number of hydrogen-bond acceptors (Lipinski definition) is 5. The van der Waals surface area contributed by atoms with Crippen molar-refractivity contribution < 1.29 is 19.3 Å². The van der Waals surface area contributed by atoms with E-state index in [2.05, 4.69) is 0 Å². The first-order chi connectivity index (χ1) is 6.03. The molecule has 4 atom stereocenters. The predicted octanol–water partition coefficient (Wildman–Crippen LogP) is -0.818.